The maximum Gasteiger partial charge on any atom is 0.283 e. The Balaban J connectivity index is 1.73. The van der Waals surface area contributed by atoms with Crippen LogP contribution in [0.3, 0.4) is 0 Å². The van der Waals surface area contributed by atoms with Crippen LogP contribution in [0.2, 0.25) is 0 Å². The van der Waals surface area contributed by atoms with Crippen molar-refractivity contribution < 1.29 is 9.59 Å². The van der Waals surface area contributed by atoms with Crippen molar-refractivity contribution in [3.05, 3.63) is 101 Å². The number of imide groups is 1. The third kappa shape index (κ3) is 3.96. The van der Waals surface area contributed by atoms with E-state index in [1.54, 1.807) is 12.1 Å². The van der Waals surface area contributed by atoms with Crippen molar-refractivity contribution in [2.24, 2.45) is 0 Å². The van der Waals surface area contributed by atoms with Gasteiger partial charge >= 0.3 is 0 Å². The number of carbonyl (C=O) groups excluding carboxylic acids is 2. The zero-order valence-electron chi connectivity index (χ0n) is 16.2. The van der Waals surface area contributed by atoms with Crippen molar-refractivity contribution in [3.63, 3.8) is 0 Å². The molecule has 5 heteroatoms. The zero-order valence-corrected chi connectivity index (χ0v) is 17.0. The molecule has 0 radical (unpaired) electrons. The van der Waals surface area contributed by atoms with Crippen molar-refractivity contribution in [3.8, 4) is 0 Å². The first-order valence-electron chi connectivity index (χ1n) is 9.29. The number of hydrogen-bond acceptors (Lipinski definition) is 4. The molecule has 0 fully saturated rings. The molecule has 0 saturated heterocycles. The van der Waals surface area contributed by atoms with Gasteiger partial charge in [-0.3, -0.25) is 9.59 Å². The third-order valence-corrected chi connectivity index (χ3v) is 5.71. The minimum absolute atomic E-state index is 0.299. The smallest absolute Gasteiger partial charge is 0.283 e. The fraction of sp³-hybridized carbons (Fsp3) is 0.0833. The lowest BCUT2D eigenvalue weighted by Crippen LogP contribution is -2.32. The second-order valence-corrected chi connectivity index (χ2v) is 7.98. The Bertz CT molecular complexity index is 1090. The summed E-state index contributed by atoms with van der Waals surface area (Å²) in [6.07, 6.45) is 0. The van der Waals surface area contributed by atoms with Crippen LogP contribution >= 0.6 is 11.8 Å². The Morgan fingerprint density at radius 1 is 0.724 bits per heavy atom. The van der Waals surface area contributed by atoms with Gasteiger partial charge in [0.2, 0.25) is 0 Å². The van der Waals surface area contributed by atoms with Gasteiger partial charge in [0.05, 0.1) is 5.69 Å². The molecule has 4 nitrogen and oxygen atoms in total. The van der Waals surface area contributed by atoms with Crippen LogP contribution in [0.25, 0.3) is 0 Å². The molecule has 2 amide bonds. The predicted molar refractivity (Wildman–Crippen MR) is 118 cm³/mol. The SMILES string of the molecule is Cc1ccc(NC2=C(Sc3ccccc3)C(=O)N(c3ccc(C)cc3)C2=O)cc1. The van der Waals surface area contributed by atoms with E-state index in [1.165, 1.54) is 16.7 Å². The molecule has 1 heterocycles. The summed E-state index contributed by atoms with van der Waals surface area (Å²) in [6, 6.07) is 24.7. The number of nitrogens with zero attached hydrogens (tertiary/aromatic N) is 1. The summed E-state index contributed by atoms with van der Waals surface area (Å²) in [5.74, 6) is -0.667. The number of amides is 2. The standard InChI is InChI=1S/C24H20N2O2S/c1-16-8-12-18(13-9-16)25-21-22(29-20-6-4-3-5-7-20)24(28)26(23(21)27)19-14-10-17(2)11-15-19/h3-15,25H,1-2H3. The Morgan fingerprint density at radius 3 is 1.93 bits per heavy atom. The number of benzene rings is 3. The average molecular weight is 401 g/mol. The van der Waals surface area contributed by atoms with Gasteiger partial charge in [-0.25, -0.2) is 4.90 Å². The summed E-state index contributed by atoms with van der Waals surface area (Å²) in [5, 5.41) is 3.18. The third-order valence-electron chi connectivity index (χ3n) is 4.62. The summed E-state index contributed by atoms with van der Waals surface area (Å²) >= 11 is 1.30. The molecule has 4 rings (SSSR count). The minimum atomic E-state index is -0.349. The average Bonchev–Trinajstić information content (AvgIpc) is 2.95. The van der Waals surface area contributed by atoms with Crippen LogP contribution < -0.4 is 10.2 Å². The number of aryl methyl sites for hydroxylation is 2. The number of rotatable bonds is 5. The Morgan fingerprint density at radius 2 is 1.31 bits per heavy atom. The monoisotopic (exact) mass is 400 g/mol. The van der Waals surface area contributed by atoms with Crippen molar-refractivity contribution >= 4 is 35.0 Å². The summed E-state index contributed by atoms with van der Waals surface area (Å²) in [5.41, 5.74) is 3.82. The molecule has 0 unspecified atom stereocenters. The molecule has 0 aliphatic carbocycles. The Kier molecular flexibility index (Phi) is 5.23. The number of nitrogens with one attached hydrogen (secondary N) is 1. The molecular formula is C24H20N2O2S. The molecule has 1 N–H and O–H groups in total. The van der Waals surface area contributed by atoms with Crippen molar-refractivity contribution in [2.75, 3.05) is 10.2 Å². The van der Waals surface area contributed by atoms with E-state index in [1.807, 2.05) is 80.6 Å². The van der Waals surface area contributed by atoms with Crippen LogP contribution in [0.1, 0.15) is 11.1 Å². The Labute approximate surface area is 174 Å². The molecule has 144 valence electrons. The second kappa shape index (κ2) is 7.97. The van der Waals surface area contributed by atoms with Crippen LogP contribution in [-0.4, -0.2) is 11.8 Å². The van der Waals surface area contributed by atoms with Gasteiger partial charge in [-0.05, 0) is 50.2 Å². The molecule has 1 aliphatic heterocycles. The molecule has 0 atom stereocenters. The highest BCUT2D eigenvalue weighted by Crippen LogP contribution is 2.37. The lowest BCUT2D eigenvalue weighted by Gasteiger charge is -2.15. The highest BCUT2D eigenvalue weighted by molar-refractivity contribution is 8.04. The fourth-order valence-electron chi connectivity index (χ4n) is 3.03. The number of thioether (sulfide) groups is 1. The minimum Gasteiger partial charge on any atom is -0.350 e. The molecular weight excluding hydrogens is 380 g/mol. The normalized spacial score (nSPS) is 13.9. The van der Waals surface area contributed by atoms with Gasteiger partial charge < -0.3 is 5.32 Å². The van der Waals surface area contributed by atoms with Gasteiger partial charge in [0, 0.05) is 10.6 Å². The molecule has 1 aliphatic rings. The highest BCUT2D eigenvalue weighted by Gasteiger charge is 2.40. The van der Waals surface area contributed by atoms with Gasteiger partial charge in [-0.15, -0.1) is 0 Å². The number of carbonyl (C=O) groups is 2. The molecule has 0 aromatic heterocycles. The van der Waals surface area contributed by atoms with Crippen LogP contribution in [0, 0.1) is 13.8 Å². The zero-order chi connectivity index (χ0) is 20.4. The van der Waals surface area contributed by atoms with Gasteiger partial charge in [0.1, 0.15) is 10.6 Å². The van der Waals surface area contributed by atoms with E-state index in [-0.39, 0.29) is 11.8 Å². The molecule has 29 heavy (non-hydrogen) atoms. The largest absolute Gasteiger partial charge is 0.350 e. The quantitative estimate of drug-likeness (QED) is 0.591. The lowest BCUT2D eigenvalue weighted by atomic mass is 10.2. The summed E-state index contributed by atoms with van der Waals surface area (Å²) in [4.78, 5) is 29.0. The van der Waals surface area contributed by atoms with E-state index in [0.717, 1.165) is 21.7 Å². The van der Waals surface area contributed by atoms with Gasteiger partial charge in [0.15, 0.2) is 0 Å². The number of hydrogen-bond donors (Lipinski definition) is 1. The molecule has 0 saturated carbocycles. The van der Waals surface area contributed by atoms with Crippen molar-refractivity contribution in [1.29, 1.82) is 0 Å². The van der Waals surface area contributed by atoms with Gasteiger partial charge in [0.25, 0.3) is 11.8 Å². The van der Waals surface area contributed by atoms with E-state index < -0.39 is 0 Å². The van der Waals surface area contributed by atoms with Crippen LogP contribution in [0.15, 0.2) is 94.4 Å². The Hall–Kier alpha value is -3.31. The van der Waals surface area contributed by atoms with Crippen LogP contribution in [-0.2, 0) is 9.59 Å². The summed E-state index contributed by atoms with van der Waals surface area (Å²) < 4.78 is 0. The van der Waals surface area contributed by atoms with Crippen molar-refractivity contribution in [2.45, 2.75) is 18.7 Å². The molecule has 3 aromatic rings. The van der Waals surface area contributed by atoms with E-state index >= 15 is 0 Å². The number of anilines is 2. The highest BCUT2D eigenvalue weighted by atomic mass is 32.2. The first-order chi connectivity index (χ1) is 14.0. The van der Waals surface area contributed by atoms with Crippen LogP contribution in [0.5, 0.6) is 0 Å². The first kappa shape index (κ1) is 19.0. The van der Waals surface area contributed by atoms with E-state index in [0.29, 0.717) is 16.3 Å². The van der Waals surface area contributed by atoms with Crippen LogP contribution in [0.4, 0.5) is 11.4 Å². The molecule has 0 bridgehead atoms. The van der Waals surface area contributed by atoms with E-state index in [4.69, 9.17) is 0 Å². The van der Waals surface area contributed by atoms with Gasteiger partial charge in [-0.1, -0.05) is 65.4 Å². The van der Waals surface area contributed by atoms with Crippen molar-refractivity contribution in [1.82, 2.24) is 0 Å². The summed E-state index contributed by atoms with van der Waals surface area (Å²) in [7, 11) is 0. The first-order valence-corrected chi connectivity index (χ1v) is 10.1. The predicted octanol–water partition coefficient (Wildman–Crippen LogP) is 5.29. The summed E-state index contributed by atoms with van der Waals surface area (Å²) in [6.45, 7) is 3.97. The van der Waals surface area contributed by atoms with Gasteiger partial charge in [-0.2, -0.15) is 0 Å². The van der Waals surface area contributed by atoms with E-state index in [9.17, 15) is 9.59 Å². The molecule has 3 aromatic carbocycles. The molecule has 0 spiro atoms. The van der Waals surface area contributed by atoms with E-state index in [2.05, 4.69) is 5.32 Å². The lowest BCUT2D eigenvalue weighted by molar-refractivity contribution is -0.120. The topological polar surface area (TPSA) is 49.4 Å². The maximum atomic E-state index is 13.2. The maximum absolute atomic E-state index is 13.2. The fourth-order valence-corrected chi connectivity index (χ4v) is 3.98. The second-order valence-electron chi connectivity index (χ2n) is 6.89.